The van der Waals surface area contributed by atoms with Gasteiger partial charge in [0.15, 0.2) is 0 Å². The van der Waals surface area contributed by atoms with Crippen molar-refractivity contribution in [1.82, 2.24) is 0 Å². The third-order valence-corrected chi connectivity index (χ3v) is 4.54. The number of ether oxygens (including phenoxy) is 1. The molecular weight excluding hydrogens is 172 g/mol. The van der Waals surface area contributed by atoms with E-state index in [1.165, 1.54) is 32.1 Å². The van der Waals surface area contributed by atoms with Gasteiger partial charge in [-0.2, -0.15) is 0 Å². The van der Waals surface area contributed by atoms with Gasteiger partial charge in [-0.15, -0.1) is 0 Å². The smallest absolute Gasteiger partial charge is 0.0654 e. The summed E-state index contributed by atoms with van der Waals surface area (Å²) in [6.45, 7) is 3.12. The summed E-state index contributed by atoms with van der Waals surface area (Å²) in [5, 5.41) is 0. The summed E-state index contributed by atoms with van der Waals surface area (Å²) in [6, 6.07) is 0. The molecule has 3 aliphatic rings. The maximum absolute atomic E-state index is 5.91. The molecule has 1 heterocycles. The Hall–Kier alpha value is -0.300. The molecule has 14 heavy (non-hydrogen) atoms. The molecule has 2 aliphatic carbocycles. The first-order valence-corrected chi connectivity index (χ1v) is 6.10. The highest BCUT2D eigenvalue weighted by Crippen LogP contribution is 2.51. The molecule has 0 aromatic heterocycles. The molecule has 1 heteroatoms. The van der Waals surface area contributed by atoms with Crippen LogP contribution in [0.25, 0.3) is 0 Å². The zero-order chi connectivity index (χ0) is 9.54. The number of rotatable bonds is 1. The Balaban J connectivity index is 1.69. The molecule has 78 valence electrons. The summed E-state index contributed by atoms with van der Waals surface area (Å²) in [4.78, 5) is 0. The van der Waals surface area contributed by atoms with E-state index in [4.69, 9.17) is 4.74 Å². The lowest BCUT2D eigenvalue weighted by Crippen LogP contribution is -2.30. The highest BCUT2D eigenvalue weighted by molar-refractivity contribution is 5.06. The van der Waals surface area contributed by atoms with Crippen LogP contribution in [0.2, 0.25) is 0 Å². The van der Waals surface area contributed by atoms with E-state index in [9.17, 15) is 0 Å². The first-order valence-electron chi connectivity index (χ1n) is 6.10. The summed E-state index contributed by atoms with van der Waals surface area (Å²) >= 11 is 0. The first-order chi connectivity index (χ1) is 6.83. The lowest BCUT2D eigenvalue weighted by Gasteiger charge is -2.32. The average Bonchev–Trinajstić information content (AvgIpc) is 2.78. The Morgan fingerprint density at radius 1 is 1.29 bits per heavy atom. The van der Waals surface area contributed by atoms with E-state index in [1.54, 1.807) is 5.57 Å². The van der Waals surface area contributed by atoms with Crippen molar-refractivity contribution >= 4 is 0 Å². The minimum absolute atomic E-state index is 0.565. The summed E-state index contributed by atoms with van der Waals surface area (Å²) < 4.78 is 5.91. The highest BCUT2D eigenvalue weighted by Gasteiger charge is 2.43. The zero-order valence-electron chi connectivity index (χ0n) is 9.04. The Kier molecular flexibility index (Phi) is 2.16. The van der Waals surface area contributed by atoms with Crippen molar-refractivity contribution in [3.8, 4) is 0 Å². The van der Waals surface area contributed by atoms with Crippen LogP contribution in [0.4, 0.5) is 0 Å². The van der Waals surface area contributed by atoms with Gasteiger partial charge in [0, 0.05) is 0 Å². The van der Waals surface area contributed by atoms with Crippen molar-refractivity contribution in [3.05, 3.63) is 11.6 Å². The quantitative estimate of drug-likeness (QED) is 0.580. The van der Waals surface area contributed by atoms with Crippen LogP contribution in [0, 0.1) is 17.8 Å². The molecule has 0 aromatic carbocycles. The molecule has 4 unspecified atom stereocenters. The number of hydrogen-bond donors (Lipinski definition) is 0. The zero-order valence-corrected chi connectivity index (χ0v) is 9.04. The van der Waals surface area contributed by atoms with Gasteiger partial charge in [0.2, 0.25) is 0 Å². The Bertz CT molecular complexity index is 256. The minimum Gasteiger partial charge on any atom is -0.374 e. The number of hydrogen-bond acceptors (Lipinski definition) is 1. The predicted octanol–water partition coefficient (Wildman–Crippen LogP) is 3.16. The van der Waals surface area contributed by atoms with Crippen LogP contribution in [0.15, 0.2) is 11.6 Å². The van der Waals surface area contributed by atoms with E-state index in [1.807, 2.05) is 0 Å². The molecule has 2 fully saturated rings. The molecule has 0 N–H and O–H groups in total. The normalized spacial score (nSPS) is 46.8. The van der Waals surface area contributed by atoms with Gasteiger partial charge in [-0.05, 0) is 50.4 Å². The predicted molar refractivity (Wildman–Crippen MR) is 57.1 cm³/mol. The highest BCUT2D eigenvalue weighted by atomic mass is 16.5. The van der Waals surface area contributed by atoms with E-state index in [-0.39, 0.29) is 0 Å². The SMILES string of the molecule is CC1=CCOC(C2CC3CCC2C3)C1. The van der Waals surface area contributed by atoms with Gasteiger partial charge in [-0.25, -0.2) is 0 Å². The molecule has 1 nitrogen and oxygen atoms in total. The lowest BCUT2D eigenvalue weighted by molar-refractivity contribution is 0.00155. The van der Waals surface area contributed by atoms with Gasteiger partial charge >= 0.3 is 0 Å². The van der Waals surface area contributed by atoms with E-state index in [0.717, 1.165) is 24.4 Å². The summed E-state index contributed by atoms with van der Waals surface area (Å²) in [6.07, 6.45) is 9.96. The Morgan fingerprint density at radius 3 is 2.86 bits per heavy atom. The molecule has 0 spiro atoms. The van der Waals surface area contributed by atoms with Crippen molar-refractivity contribution < 1.29 is 4.74 Å². The van der Waals surface area contributed by atoms with Crippen LogP contribution in [0.5, 0.6) is 0 Å². The second-order valence-corrected chi connectivity index (χ2v) is 5.47. The van der Waals surface area contributed by atoms with E-state index < -0.39 is 0 Å². The van der Waals surface area contributed by atoms with E-state index in [2.05, 4.69) is 13.0 Å². The lowest BCUT2D eigenvalue weighted by atomic mass is 9.82. The molecule has 1 aliphatic heterocycles. The largest absolute Gasteiger partial charge is 0.374 e. The summed E-state index contributed by atoms with van der Waals surface area (Å²) in [5.41, 5.74) is 1.55. The van der Waals surface area contributed by atoms with Gasteiger partial charge in [-0.3, -0.25) is 0 Å². The topological polar surface area (TPSA) is 9.23 Å². The minimum atomic E-state index is 0.565. The van der Waals surface area contributed by atoms with Gasteiger partial charge in [0.05, 0.1) is 12.7 Å². The Morgan fingerprint density at radius 2 is 2.21 bits per heavy atom. The summed E-state index contributed by atoms with van der Waals surface area (Å²) in [5.74, 6) is 2.97. The monoisotopic (exact) mass is 192 g/mol. The maximum Gasteiger partial charge on any atom is 0.0654 e. The van der Waals surface area contributed by atoms with Crippen molar-refractivity contribution in [1.29, 1.82) is 0 Å². The second-order valence-electron chi connectivity index (χ2n) is 5.47. The summed E-state index contributed by atoms with van der Waals surface area (Å²) in [7, 11) is 0. The maximum atomic E-state index is 5.91. The molecule has 2 saturated carbocycles. The van der Waals surface area contributed by atoms with Crippen LogP contribution < -0.4 is 0 Å². The van der Waals surface area contributed by atoms with Crippen LogP contribution in [0.1, 0.15) is 39.0 Å². The molecule has 0 radical (unpaired) electrons. The molecule has 3 rings (SSSR count). The first kappa shape index (κ1) is 8.96. The van der Waals surface area contributed by atoms with Crippen LogP contribution in [-0.4, -0.2) is 12.7 Å². The third-order valence-electron chi connectivity index (χ3n) is 4.54. The molecule has 4 atom stereocenters. The third kappa shape index (κ3) is 1.42. The van der Waals surface area contributed by atoms with Crippen molar-refractivity contribution in [2.75, 3.05) is 6.61 Å². The molecule has 0 aromatic rings. The van der Waals surface area contributed by atoms with Crippen molar-refractivity contribution in [2.24, 2.45) is 17.8 Å². The van der Waals surface area contributed by atoms with Crippen LogP contribution in [-0.2, 0) is 4.74 Å². The van der Waals surface area contributed by atoms with E-state index in [0.29, 0.717) is 6.10 Å². The Labute approximate surface area is 86.5 Å². The van der Waals surface area contributed by atoms with Crippen LogP contribution in [0.3, 0.4) is 0 Å². The number of fused-ring (bicyclic) bond motifs is 2. The molecule has 2 bridgehead atoms. The fourth-order valence-electron chi connectivity index (χ4n) is 3.80. The second kappa shape index (κ2) is 3.37. The van der Waals surface area contributed by atoms with Gasteiger partial charge in [-0.1, -0.05) is 18.1 Å². The van der Waals surface area contributed by atoms with Gasteiger partial charge in [0.1, 0.15) is 0 Å². The fourth-order valence-corrected chi connectivity index (χ4v) is 3.80. The van der Waals surface area contributed by atoms with Crippen molar-refractivity contribution in [3.63, 3.8) is 0 Å². The molecule has 0 amide bonds. The van der Waals surface area contributed by atoms with Crippen molar-refractivity contribution in [2.45, 2.75) is 45.1 Å². The average molecular weight is 192 g/mol. The fraction of sp³-hybridized carbons (Fsp3) is 0.846. The van der Waals surface area contributed by atoms with Gasteiger partial charge in [0.25, 0.3) is 0 Å². The standard InChI is InChI=1S/C13H20O/c1-9-4-5-14-13(6-9)12-8-10-2-3-11(12)7-10/h4,10-13H,2-3,5-8H2,1H3. The molecular formula is C13H20O. The van der Waals surface area contributed by atoms with Crippen LogP contribution >= 0.6 is 0 Å². The molecule has 0 saturated heterocycles. The van der Waals surface area contributed by atoms with Gasteiger partial charge < -0.3 is 4.74 Å². The van der Waals surface area contributed by atoms with E-state index >= 15 is 0 Å².